The van der Waals surface area contributed by atoms with Gasteiger partial charge in [-0.3, -0.25) is 9.78 Å². The molecule has 1 amide bonds. The van der Waals surface area contributed by atoms with E-state index < -0.39 is 0 Å². The van der Waals surface area contributed by atoms with Crippen molar-refractivity contribution in [2.75, 3.05) is 5.32 Å². The minimum Gasteiger partial charge on any atom is -0.321 e. The monoisotopic (exact) mass is 240 g/mol. The number of aromatic nitrogens is 1. The Balaban J connectivity index is 2.08. The highest BCUT2D eigenvalue weighted by atomic mass is 16.1. The van der Waals surface area contributed by atoms with E-state index in [4.69, 9.17) is 0 Å². The Morgan fingerprint density at radius 2 is 1.83 bits per heavy atom. The molecule has 0 saturated carbocycles. The second-order valence-electron chi connectivity index (χ2n) is 4.45. The quantitative estimate of drug-likeness (QED) is 0.892. The highest BCUT2D eigenvalue weighted by Crippen LogP contribution is 2.17. The topological polar surface area (TPSA) is 42.0 Å². The third-order valence-electron chi connectivity index (χ3n) is 2.73. The fraction of sp³-hybridized carbons (Fsp3) is 0.200. The molecule has 1 aromatic heterocycles. The van der Waals surface area contributed by atoms with E-state index in [0.717, 1.165) is 5.69 Å². The number of benzene rings is 1. The first-order valence-electron chi connectivity index (χ1n) is 5.99. The molecule has 0 aliphatic heterocycles. The zero-order valence-corrected chi connectivity index (χ0v) is 10.6. The van der Waals surface area contributed by atoms with Gasteiger partial charge in [0.05, 0.1) is 0 Å². The van der Waals surface area contributed by atoms with Crippen molar-refractivity contribution >= 4 is 11.6 Å². The SMILES string of the molecule is CC(C)c1ccc(NC(=O)c2ccccn2)cc1. The fourth-order valence-corrected chi connectivity index (χ4v) is 1.64. The van der Waals surface area contributed by atoms with Crippen LogP contribution in [0, 0.1) is 0 Å². The lowest BCUT2D eigenvalue weighted by Gasteiger charge is -2.08. The van der Waals surface area contributed by atoms with Crippen LogP contribution in [0.2, 0.25) is 0 Å². The van der Waals surface area contributed by atoms with Crippen LogP contribution < -0.4 is 5.32 Å². The van der Waals surface area contributed by atoms with Crippen molar-refractivity contribution in [2.24, 2.45) is 0 Å². The number of amides is 1. The van der Waals surface area contributed by atoms with Gasteiger partial charge in [-0.15, -0.1) is 0 Å². The lowest BCUT2D eigenvalue weighted by molar-refractivity contribution is 0.102. The van der Waals surface area contributed by atoms with Gasteiger partial charge in [-0.05, 0) is 35.7 Å². The van der Waals surface area contributed by atoms with Crippen LogP contribution in [0.5, 0.6) is 0 Å². The maximum atomic E-state index is 11.9. The molecular formula is C15H16N2O. The van der Waals surface area contributed by atoms with Gasteiger partial charge in [0.15, 0.2) is 0 Å². The molecule has 0 bridgehead atoms. The maximum Gasteiger partial charge on any atom is 0.274 e. The second-order valence-corrected chi connectivity index (χ2v) is 4.45. The molecule has 0 unspecified atom stereocenters. The van der Waals surface area contributed by atoms with Crippen molar-refractivity contribution in [1.82, 2.24) is 4.98 Å². The van der Waals surface area contributed by atoms with E-state index >= 15 is 0 Å². The molecule has 2 aromatic rings. The smallest absolute Gasteiger partial charge is 0.274 e. The third kappa shape index (κ3) is 2.94. The van der Waals surface area contributed by atoms with Crippen LogP contribution in [0.1, 0.15) is 35.8 Å². The Morgan fingerprint density at radius 1 is 1.11 bits per heavy atom. The van der Waals surface area contributed by atoms with Gasteiger partial charge in [-0.2, -0.15) is 0 Å². The number of carbonyl (C=O) groups is 1. The van der Waals surface area contributed by atoms with E-state index in [-0.39, 0.29) is 5.91 Å². The molecule has 92 valence electrons. The second kappa shape index (κ2) is 5.45. The Morgan fingerprint density at radius 3 is 2.39 bits per heavy atom. The first kappa shape index (κ1) is 12.3. The highest BCUT2D eigenvalue weighted by Gasteiger charge is 2.06. The molecule has 2 rings (SSSR count). The summed E-state index contributed by atoms with van der Waals surface area (Å²) in [6.07, 6.45) is 1.61. The number of rotatable bonds is 3. The van der Waals surface area contributed by atoms with Crippen molar-refractivity contribution in [2.45, 2.75) is 19.8 Å². The lowest BCUT2D eigenvalue weighted by Crippen LogP contribution is -2.13. The minimum absolute atomic E-state index is 0.187. The highest BCUT2D eigenvalue weighted by molar-refractivity contribution is 6.02. The number of anilines is 1. The molecule has 0 aliphatic carbocycles. The summed E-state index contributed by atoms with van der Waals surface area (Å²) < 4.78 is 0. The van der Waals surface area contributed by atoms with E-state index in [2.05, 4.69) is 24.1 Å². The maximum absolute atomic E-state index is 11.9. The van der Waals surface area contributed by atoms with Gasteiger partial charge < -0.3 is 5.32 Å². The predicted molar refractivity (Wildman–Crippen MR) is 72.7 cm³/mol. The molecule has 18 heavy (non-hydrogen) atoms. The van der Waals surface area contributed by atoms with E-state index in [0.29, 0.717) is 11.6 Å². The molecule has 0 radical (unpaired) electrons. The van der Waals surface area contributed by atoms with Crippen LogP contribution in [0.3, 0.4) is 0 Å². The molecule has 1 N–H and O–H groups in total. The predicted octanol–water partition coefficient (Wildman–Crippen LogP) is 3.46. The average Bonchev–Trinajstić information content (AvgIpc) is 2.40. The third-order valence-corrected chi connectivity index (χ3v) is 2.73. The van der Waals surface area contributed by atoms with Crippen molar-refractivity contribution in [3.05, 3.63) is 59.9 Å². The number of nitrogens with one attached hydrogen (secondary N) is 1. The van der Waals surface area contributed by atoms with Gasteiger partial charge >= 0.3 is 0 Å². The number of pyridine rings is 1. The van der Waals surface area contributed by atoms with Gasteiger partial charge in [0, 0.05) is 11.9 Å². The summed E-state index contributed by atoms with van der Waals surface area (Å²) in [5.74, 6) is 0.304. The van der Waals surface area contributed by atoms with Crippen molar-refractivity contribution in [3.63, 3.8) is 0 Å². The zero-order chi connectivity index (χ0) is 13.0. The number of hydrogen-bond acceptors (Lipinski definition) is 2. The summed E-state index contributed by atoms with van der Waals surface area (Å²) in [5, 5.41) is 2.82. The number of hydrogen-bond donors (Lipinski definition) is 1. The Kier molecular flexibility index (Phi) is 3.72. The normalized spacial score (nSPS) is 10.4. The molecule has 3 nitrogen and oxygen atoms in total. The van der Waals surface area contributed by atoms with Gasteiger partial charge in [-0.25, -0.2) is 0 Å². The lowest BCUT2D eigenvalue weighted by atomic mass is 10.0. The van der Waals surface area contributed by atoms with Gasteiger partial charge in [0.1, 0.15) is 5.69 Å². The summed E-state index contributed by atoms with van der Waals surface area (Å²) in [7, 11) is 0. The van der Waals surface area contributed by atoms with Crippen molar-refractivity contribution < 1.29 is 4.79 Å². The Hall–Kier alpha value is -2.16. The first-order valence-corrected chi connectivity index (χ1v) is 5.99. The molecular weight excluding hydrogens is 224 g/mol. The summed E-state index contributed by atoms with van der Waals surface area (Å²) in [6, 6.07) is 13.2. The van der Waals surface area contributed by atoms with Crippen LogP contribution in [0.25, 0.3) is 0 Å². The molecule has 0 fully saturated rings. The summed E-state index contributed by atoms with van der Waals surface area (Å²) in [6.45, 7) is 4.28. The molecule has 1 heterocycles. The van der Waals surface area contributed by atoms with Gasteiger partial charge in [0.2, 0.25) is 0 Å². The van der Waals surface area contributed by atoms with Gasteiger partial charge in [-0.1, -0.05) is 32.0 Å². The van der Waals surface area contributed by atoms with Crippen LogP contribution in [0.4, 0.5) is 5.69 Å². The van der Waals surface area contributed by atoms with E-state index in [9.17, 15) is 4.79 Å². The largest absolute Gasteiger partial charge is 0.321 e. The van der Waals surface area contributed by atoms with Crippen LogP contribution in [-0.4, -0.2) is 10.9 Å². The molecule has 0 spiro atoms. The van der Waals surface area contributed by atoms with E-state index in [1.807, 2.05) is 24.3 Å². The zero-order valence-electron chi connectivity index (χ0n) is 10.6. The standard InChI is InChI=1S/C15H16N2O/c1-11(2)12-6-8-13(9-7-12)17-15(18)14-5-3-4-10-16-14/h3-11H,1-2H3,(H,17,18). The summed E-state index contributed by atoms with van der Waals surface area (Å²) >= 11 is 0. The first-order chi connectivity index (χ1) is 8.66. The van der Waals surface area contributed by atoms with E-state index in [1.165, 1.54) is 5.56 Å². The minimum atomic E-state index is -0.187. The number of nitrogens with zero attached hydrogens (tertiary/aromatic N) is 1. The molecule has 0 atom stereocenters. The van der Waals surface area contributed by atoms with Crippen molar-refractivity contribution in [3.8, 4) is 0 Å². The number of carbonyl (C=O) groups excluding carboxylic acids is 1. The van der Waals surface area contributed by atoms with E-state index in [1.54, 1.807) is 24.4 Å². The fourth-order valence-electron chi connectivity index (χ4n) is 1.64. The summed E-state index contributed by atoms with van der Waals surface area (Å²) in [5.41, 5.74) is 2.46. The van der Waals surface area contributed by atoms with Gasteiger partial charge in [0.25, 0.3) is 5.91 Å². The van der Waals surface area contributed by atoms with Crippen LogP contribution in [0.15, 0.2) is 48.7 Å². The van der Waals surface area contributed by atoms with Crippen molar-refractivity contribution in [1.29, 1.82) is 0 Å². The van der Waals surface area contributed by atoms with Crippen LogP contribution in [-0.2, 0) is 0 Å². The molecule has 3 heteroatoms. The molecule has 0 saturated heterocycles. The summed E-state index contributed by atoms with van der Waals surface area (Å²) in [4.78, 5) is 15.9. The molecule has 0 aliphatic rings. The molecule has 1 aromatic carbocycles. The Labute approximate surface area is 107 Å². The van der Waals surface area contributed by atoms with Crippen LogP contribution >= 0.6 is 0 Å². The Bertz CT molecular complexity index is 518. The average molecular weight is 240 g/mol.